The molecule has 17 heavy (non-hydrogen) atoms. The van der Waals surface area contributed by atoms with Crippen LogP contribution < -0.4 is 5.32 Å². The molecule has 0 aliphatic heterocycles. The lowest BCUT2D eigenvalue weighted by Gasteiger charge is -2.11. The molecule has 1 aromatic rings. The van der Waals surface area contributed by atoms with Crippen LogP contribution >= 0.6 is 11.6 Å². The number of aromatic nitrogens is 2. The van der Waals surface area contributed by atoms with E-state index in [4.69, 9.17) is 11.6 Å². The zero-order chi connectivity index (χ0) is 12.3. The largest absolute Gasteiger partial charge is 0.314 e. The van der Waals surface area contributed by atoms with Crippen molar-refractivity contribution in [3.63, 3.8) is 0 Å². The van der Waals surface area contributed by atoms with Gasteiger partial charge in [-0.3, -0.25) is 4.68 Å². The van der Waals surface area contributed by atoms with Gasteiger partial charge >= 0.3 is 0 Å². The molecule has 1 aliphatic rings. The fourth-order valence-electron chi connectivity index (χ4n) is 2.56. The first-order valence-corrected chi connectivity index (χ1v) is 6.99. The first-order valence-electron chi connectivity index (χ1n) is 6.61. The van der Waals surface area contributed by atoms with Crippen molar-refractivity contribution in [1.29, 1.82) is 0 Å². The van der Waals surface area contributed by atoms with E-state index in [1.165, 1.54) is 25.7 Å². The number of hydrogen-bond acceptors (Lipinski definition) is 2. The number of nitrogens with one attached hydrogen (secondary N) is 1. The van der Waals surface area contributed by atoms with E-state index < -0.39 is 0 Å². The molecule has 0 aromatic carbocycles. The highest BCUT2D eigenvalue weighted by atomic mass is 35.5. The molecular weight excluding hydrogens is 234 g/mol. The van der Waals surface area contributed by atoms with Gasteiger partial charge in [0.05, 0.1) is 16.4 Å². The number of halogens is 1. The number of hydrogen-bond donors (Lipinski definition) is 1. The maximum Gasteiger partial charge on any atom is 0.0844 e. The Hall–Kier alpha value is -0.540. The van der Waals surface area contributed by atoms with Crippen molar-refractivity contribution in [2.75, 3.05) is 6.54 Å². The molecule has 1 heterocycles. The molecule has 0 amide bonds. The van der Waals surface area contributed by atoms with Crippen LogP contribution in [-0.2, 0) is 6.54 Å². The van der Waals surface area contributed by atoms with Crippen molar-refractivity contribution in [1.82, 2.24) is 15.1 Å². The molecule has 1 N–H and O–H groups in total. The molecule has 4 heteroatoms. The van der Waals surface area contributed by atoms with E-state index in [2.05, 4.69) is 10.4 Å². The molecule has 96 valence electrons. The van der Waals surface area contributed by atoms with E-state index in [-0.39, 0.29) is 0 Å². The molecule has 0 unspecified atom stereocenters. The third-order valence-electron chi connectivity index (χ3n) is 3.63. The highest BCUT2D eigenvalue weighted by Crippen LogP contribution is 2.19. The predicted octanol–water partition coefficient (Wildman–Crippen LogP) is 3.08. The van der Waals surface area contributed by atoms with Crippen LogP contribution in [-0.4, -0.2) is 22.4 Å². The first-order chi connectivity index (χ1) is 8.18. The highest BCUT2D eigenvalue weighted by molar-refractivity contribution is 6.31. The van der Waals surface area contributed by atoms with Gasteiger partial charge in [0.25, 0.3) is 0 Å². The van der Waals surface area contributed by atoms with Gasteiger partial charge in [0, 0.05) is 12.6 Å². The number of rotatable bonds is 5. The summed E-state index contributed by atoms with van der Waals surface area (Å²) >= 11 is 6.12. The Morgan fingerprint density at radius 3 is 2.65 bits per heavy atom. The van der Waals surface area contributed by atoms with Gasteiger partial charge < -0.3 is 5.32 Å². The lowest BCUT2D eigenvalue weighted by atomic mass is 10.2. The average Bonchev–Trinajstić information content (AvgIpc) is 2.90. The monoisotopic (exact) mass is 255 g/mol. The molecule has 0 radical (unpaired) electrons. The zero-order valence-corrected chi connectivity index (χ0v) is 11.6. The Balaban J connectivity index is 1.72. The average molecular weight is 256 g/mol. The summed E-state index contributed by atoms with van der Waals surface area (Å²) in [5.74, 6) is 0. The molecule has 0 spiro atoms. The van der Waals surface area contributed by atoms with E-state index in [0.29, 0.717) is 0 Å². The zero-order valence-electron chi connectivity index (χ0n) is 10.8. The summed E-state index contributed by atoms with van der Waals surface area (Å²) in [6.07, 6.45) is 6.61. The molecule has 1 aliphatic carbocycles. The van der Waals surface area contributed by atoms with Crippen LogP contribution in [0.5, 0.6) is 0 Å². The van der Waals surface area contributed by atoms with Crippen molar-refractivity contribution in [2.45, 2.75) is 58.5 Å². The fraction of sp³-hybridized carbons (Fsp3) is 0.769. The second-order valence-corrected chi connectivity index (χ2v) is 5.37. The normalized spacial score (nSPS) is 16.9. The molecule has 0 atom stereocenters. The molecule has 2 rings (SSSR count). The lowest BCUT2D eigenvalue weighted by molar-refractivity contribution is 0.479. The van der Waals surface area contributed by atoms with E-state index in [1.54, 1.807) is 0 Å². The summed E-state index contributed by atoms with van der Waals surface area (Å²) in [6.45, 7) is 6.04. The minimum absolute atomic E-state index is 0.763. The summed E-state index contributed by atoms with van der Waals surface area (Å²) in [4.78, 5) is 0. The van der Waals surface area contributed by atoms with Crippen LogP contribution in [0.25, 0.3) is 0 Å². The molecular formula is C13H22ClN3. The molecule has 3 nitrogen and oxygen atoms in total. The van der Waals surface area contributed by atoms with Crippen LogP contribution in [0.15, 0.2) is 0 Å². The van der Waals surface area contributed by atoms with Gasteiger partial charge in [-0.2, -0.15) is 5.10 Å². The van der Waals surface area contributed by atoms with E-state index in [9.17, 15) is 0 Å². The molecule has 1 aromatic heterocycles. The standard InChI is InChI=1S/C13H22ClN3/c1-10-13(14)11(2)17(16-10)9-5-8-15-12-6-3-4-7-12/h12,15H,3-9H2,1-2H3. The number of nitrogens with zero attached hydrogens (tertiary/aromatic N) is 2. The van der Waals surface area contributed by atoms with Crippen molar-refractivity contribution >= 4 is 11.6 Å². The number of aryl methyl sites for hydroxylation is 2. The Morgan fingerprint density at radius 1 is 1.35 bits per heavy atom. The third-order valence-corrected chi connectivity index (χ3v) is 4.18. The van der Waals surface area contributed by atoms with E-state index >= 15 is 0 Å². The van der Waals surface area contributed by atoms with Crippen molar-refractivity contribution in [3.8, 4) is 0 Å². The smallest absolute Gasteiger partial charge is 0.0844 e. The Morgan fingerprint density at radius 2 is 2.06 bits per heavy atom. The van der Waals surface area contributed by atoms with Gasteiger partial charge in [-0.1, -0.05) is 24.4 Å². The van der Waals surface area contributed by atoms with E-state index in [1.807, 2.05) is 18.5 Å². The highest BCUT2D eigenvalue weighted by Gasteiger charge is 2.13. The predicted molar refractivity (Wildman–Crippen MR) is 71.6 cm³/mol. The maximum absolute atomic E-state index is 6.12. The van der Waals surface area contributed by atoms with Crippen molar-refractivity contribution in [2.24, 2.45) is 0 Å². The summed E-state index contributed by atoms with van der Waals surface area (Å²) in [5.41, 5.74) is 2.03. The van der Waals surface area contributed by atoms with Gasteiger partial charge in [0.15, 0.2) is 0 Å². The van der Waals surface area contributed by atoms with Crippen LogP contribution in [0.2, 0.25) is 5.02 Å². The summed E-state index contributed by atoms with van der Waals surface area (Å²) < 4.78 is 2.02. The van der Waals surface area contributed by atoms with Crippen LogP contribution in [0, 0.1) is 13.8 Å². The SMILES string of the molecule is Cc1nn(CCCNC2CCCC2)c(C)c1Cl. The molecule has 1 saturated carbocycles. The second-order valence-electron chi connectivity index (χ2n) is 5.00. The van der Waals surface area contributed by atoms with Gasteiger partial charge in [-0.05, 0) is 39.7 Å². The fourth-order valence-corrected chi connectivity index (χ4v) is 2.69. The lowest BCUT2D eigenvalue weighted by Crippen LogP contribution is -2.27. The molecule has 1 fully saturated rings. The van der Waals surface area contributed by atoms with Crippen LogP contribution in [0.3, 0.4) is 0 Å². The maximum atomic E-state index is 6.12. The Labute approximate surface area is 109 Å². The van der Waals surface area contributed by atoms with Gasteiger partial charge in [0.2, 0.25) is 0 Å². The van der Waals surface area contributed by atoms with Gasteiger partial charge in [0.1, 0.15) is 0 Å². The minimum atomic E-state index is 0.763. The van der Waals surface area contributed by atoms with Gasteiger partial charge in [-0.15, -0.1) is 0 Å². The van der Waals surface area contributed by atoms with Crippen molar-refractivity contribution in [3.05, 3.63) is 16.4 Å². The molecule has 0 saturated heterocycles. The second kappa shape index (κ2) is 5.87. The summed E-state index contributed by atoms with van der Waals surface area (Å²) in [6, 6.07) is 0.763. The van der Waals surface area contributed by atoms with Crippen molar-refractivity contribution < 1.29 is 0 Å². The minimum Gasteiger partial charge on any atom is -0.314 e. The van der Waals surface area contributed by atoms with Crippen LogP contribution in [0.1, 0.15) is 43.5 Å². The summed E-state index contributed by atoms with van der Waals surface area (Å²) in [7, 11) is 0. The summed E-state index contributed by atoms with van der Waals surface area (Å²) in [5, 5.41) is 8.87. The van der Waals surface area contributed by atoms with Gasteiger partial charge in [-0.25, -0.2) is 0 Å². The van der Waals surface area contributed by atoms with Crippen LogP contribution in [0.4, 0.5) is 0 Å². The van der Waals surface area contributed by atoms with E-state index in [0.717, 1.165) is 42.0 Å². The topological polar surface area (TPSA) is 29.9 Å². The first kappa shape index (κ1) is 12.9. The Kier molecular flexibility index (Phi) is 4.46. The Bertz CT molecular complexity index is 367. The quantitative estimate of drug-likeness (QED) is 0.820. The molecule has 0 bridgehead atoms. The third kappa shape index (κ3) is 3.23.